The summed E-state index contributed by atoms with van der Waals surface area (Å²) in [4.78, 5) is 2.71. The molecule has 2 atom stereocenters. The van der Waals surface area contributed by atoms with Crippen LogP contribution in [0, 0.1) is 5.92 Å². The van der Waals surface area contributed by atoms with Crippen LogP contribution in [0.15, 0.2) is 0 Å². The molecule has 3 heteroatoms. The van der Waals surface area contributed by atoms with E-state index in [1.165, 1.54) is 58.0 Å². The Bertz CT molecular complexity index is 299. The third-order valence-electron chi connectivity index (χ3n) is 4.90. The van der Waals surface area contributed by atoms with Gasteiger partial charge in [0.05, 0.1) is 12.2 Å². The van der Waals surface area contributed by atoms with Crippen molar-refractivity contribution in [3.05, 3.63) is 0 Å². The maximum Gasteiger partial charge on any atom is 0.0707 e. The summed E-state index contributed by atoms with van der Waals surface area (Å²) in [6, 6.07) is 1.69. The van der Waals surface area contributed by atoms with Gasteiger partial charge in [-0.05, 0) is 57.4 Å². The van der Waals surface area contributed by atoms with E-state index in [0.29, 0.717) is 12.2 Å². The predicted molar refractivity (Wildman–Crippen MR) is 83.0 cm³/mol. The minimum atomic E-state index is 0.478. The fourth-order valence-electron chi connectivity index (χ4n) is 3.20. The van der Waals surface area contributed by atoms with Crippen LogP contribution in [0.2, 0.25) is 0 Å². The molecule has 0 spiro atoms. The molecule has 2 saturated carbocycles. The summed E-state index contributed by atoms with van der Waals surface area (Å²) in [5, 5.41) is 3.61. The summed E-state index contributed by atoms with van der Waals surface area (Å²) in [6.07, 6.45) is 10.4. The van der Waals surface area contributed by atoms with E-state index in [9.17, 15) is 0 Å². The predicted octanol–water partition coefficient (Wildman–Crippen LogP) is 2.80. The lowest BCUT2D eigenvalue weighted by Crippen LogP contribution is -2.36. The third kappa shape index (κ3) is 4.71. The molecule has 1 saturated heterocycles. The van der Waals surface area contributed by atoms with E-state index in [0.717, 1.165) is 24.5 Å². The maximum absolute atomic E-state index is 6.25. The topological polar surface area (TPSA) is 24.5 Å². The molecule has 0 radical (unpaired) electrons. The van der Waals surface area contributed by atoms with Crippen LogP contribution < -0.4 is 5.32 Å². The molecule has 3 aliphatic rings. The molecule has 1 heterocycles. The highest BCUT2D eigenvalue weighted by molar-refractivity contribution is 4.88. The van der Waals surface area contributed by atoms with Crippen LogP contribution in [0.5, 0.6) is 0 Å². The molecule has 0 aromatic carbocycles. The Morgan fingerprint density at radius 3 is 2.45 bits per heavy atom. The summed E-state index contributed by atoms with van der Waals surface area (Å²) in [5.74, 6) is 0.816. The van der Waals surface area contributed by atoms with E-state index < -0.39 is 0 Å². The Hall–Kier alpha value is -0.120. The van der Waals surface area contributed by atoms with Crippen LogP contribution in [0.4, 0.5) is 0 Å². The molecule has 3 rings (SSSR count). The smallest absolute Gasteiger partial charge is 0.0707 e. The minimum Gasteiger partial charge on any atom is -0.372 e. The SMILES string of the molecule is CC(C)CCN(CC1CCC(CNC2CC2)O1)C1CC1. The summed E-state index contributed by atoms with van der Waals surface area (Å²) in [5.41, 5.74) is 0. The maximum atomic E-state index is 6.25. The molecule has 3 nitrogen and oxygen atoms in total. The van der Waals surface area contributed by atoms with Crippen molar-refractivity contribution in [2.45, 2.75) is 83.1 Å². The van der Waals surface area contributed by atoms with Gasteiger partial charge in [-0.15, -0.1) is 0 Å². The molecule has 2 unspecified atom stereocenters. The lowest BCUT2D eigenvalue weighted by atomic mass is 10.1. The first-order valence-corrected chi connectivity index (χ1v) is 8.83. The molecule has 1 aliphatic heterocycles. The summed E-state index contributed by atoms with van der Waals surface area (Å²) in [7, 11) is 0. The Balaban J connectivity index is 1.37. The summed E-state index contributed by atoms with van der Waals surface area (Å²) >= 11 is 0. The van der Waals surface area contributed by atoms with Gasteiger partial charge < -0.3 is 10.1 Å². The molecule has 0 amide bonds. The quantitative estimate of drug-likeness (QED) is 0.703. The molecule has 20 heavy (non-hydrogen) atoms. The standard InChI is InChI=1S/C17H32N2O/c1-13(2)9-10-19(15-5-6-15)12-17-8-7-16(20-17)11-18-14-3-4-14/h13-18H,3-12H2,1-2H3. The Morgan fingerprint density at radius 2 is 1.80 bits per heavy atom. The first kappa shape index (κ1) is 14.8. The highest BCUT2D eigenvalue weighted by Crippen LogP contribution is 2.30. The van der Waals surface area contributed by atoms with Crippen LogP contribution in [-0.2, 0) is 4.74 Å². The summed E-state index contributed by atoms with van der Waals surface area (Å²) in [6.45, 7) is 8.19. The minimum absolute atomic E-state index is 0.478. The van der Waals surface area contributed by atoms with E-state index in [2.05, 4.69) is 24.1 Å². The number of hydrogen-bond acceptors (Lipinski definition) is 3. The molecule has 2 aliphatic carbocycles. The van der Waals surface area contributed by atoms with Gasteiger partial charge >= 0.3 is 0 Å². The van der Waals surface area contributed by atoms with Crippen molar-refractivity contribution in [3.8, 4) is 0 Å². The van der Waals surface area contributed by atoms with Gasteiger partial charge in [0.1, 0.15) is 0 Å². The fourth-order valence-corrected chi connectivity index (χ4v) is 3.20. The molecule has 1 N–H and O–H groups in total. The van der Waals surface area contributed by atoms with Gasteiger partial charge in [0.15, 0.2) is 0 Å². The van der Waals surface area contributed by atoms with E-state index in [1.54, 1.807) is 0 Å². The Morgan fingerprint density at radius 1 is 1.05 bits per heavy atom. The van der Waals surface area contributed by atoms with E-state index >= 15 is 0 Å². The second-order valence-corrected chi connectivity index (χ2v) is 7.55. The van der Waals surface area contributed by atoms with Crippen LogP contribution >= 0.6 is 0 Å². The zero-order valence-electron chi connectivity index (χ0n) is 13.3. The Labute approximate surface area is 124 Å². The van der Waals surface area contributed by atoms with Crippen LogP contribution in [-0.4, -0.2) is 48.8 Å². The lowest BCUT2D eigenvalue weighted by molar-refractivity contribution is 0.0207. The van der Waals surface area contributed by atoms with Crippen LogP contribution in [0.25, 0.3) is 0 Å². The van der Waals surface area contributed by atoms with Crippen molar-refractivity contribution < 1.29 is 4.74 Å². The van der Waals surface area contributed by atoms with Gasteiger partial charge in [0.25, 0.3) is 0 Å². The average molecular weight is 280 g/mol. The normalized spacial score (nSPS) is 30.6. The highest BCUT2D eigenvalue weighted by atomic mass is 16.5. The van der Waals surface area contributed by atoms with Crippen molar-refractivity contribution in [1.82, 2.24) is 10.2 Å². The first-order chi connectivity index (χ1) is 9.70. The zero-order chi connectivity index (χ0) is 13.9. The first-order valence-electron chi connectivity index (χ1n) is 8.83. The number of hydrogen-bond donors (Lipinski definition) is 1. The summed E-state index contributed by atoms with van der Waals surface area (Å²) < 4.78 is 6.25. The van der Waals surface area contributed by atoms with Crippen molar-refractivity contribution in [1.29, 1.82) is 0 Å². The van der Waals surface area contributed by atoms with E-state index in [-0.39, 0.29) is 0 Å². The average Bonchev–Trinajstić information content (AvgIpc) is 3.32. The van der Waals surface area contributed by atoms with Gasteiger partial charge in [0, 0.05) is 25.2 Å². The van der Waals surface area contributed by atoms with Crippen molar-refractivity contribution in [2.24, 2.45) is 5.92 Å². The van der Waals surface area contributed by atoms with Gasteiger partial charge in [-0.1, -0.05) is 13.8 Å². The molecule has 0 aromatic heterocycles. The molecule has 0 bridgehead atoms. The number of nitrogens with zero attached hydrogens (tertiary/aromatic N) is 1. The van der Waals surface area contributed by atoms with Crippen molar-refractivity contribution >= 4 is 0 Å². The van der Waals surface area contributed by atoms with Crippen LogP contribution in [0.3, 0.4) is 0 Å². The second kappa shape index (κ2) is 6.76. The molecular weight excluding hydrogens is 248 g/mol. The Kier molecular flexibility index (Phi) is 5.00. The second-order valence-electron chi connectivity index (χ2n) is 7.55. The van der Waals surface area contributed by atoms with E-state index in [4.69, 9.17) is 4.74 Å². The third-order valence-corrected chi connectivity index (χ3v) is 4.90. The largest absolute Gasteiger partial charge is 0.372 e. The molecule has 0 aromatic rings. The fraction of sp³-hybridized carbons (Fsp3) is 1.00. The number of nitrogens with one attached hydrogen (secondary N) is 1. The molecular formula is C17H32N2O. The van der Waals surface area contributed by atoms with Crippen LogP contribution in [0.1, 0.15) is 58.8 Å². The van der Waals surface area contributed by atoms with E-state index in [1.807, 2.05) is 0 Å². The van der Waals surface area contributed by atoms with Gasteiger partial charge in [-0.25, -0.2) is 0 Å². The monoisotopic (exact) mass is 280 g/mol. The number of ether oxygens (including phenoxy) is 1. The van der Waals surface area contributed by atoms with Gasteiger partial charge in [-0.3, -0.25) is 4.90 Å². The molecule has 3 fully saturated rings. The van der Waals surface area contributed by atoms with Gasteiger partial charge in [-0.2, -0.15) is 0 Å². The lowest BCUT2D eigenvalue weighted by Gasteiger charge is -2.26. The van der Waals surface area contributed by atoms with Gasteiger partial charge in [0.2, 0.25) is 0 Å². The zero-order valence-corrected chi connectivity index (χ0v) is 13.3. The number of rotatable bonds is 9. The van der Waals surface area contributed by atoms with Crippen molar-refractivity contribution in [3.63, 3.8) is 0 Å². The highest BCUT2D eigenvalue weighted by Gasteiger charge is 2.34. The molecule has 116 valence electrons. The van der Waals surface area contributed by atoms with Crippen molar-refractivity contribution in [2.75, 3.05) is 19.6 Å².